The molecule has 2 aliphatic heterocycles. The van der Waals surface area contributed by atoms with Gasteiger partial charge < -0.3 is 4.90 Å². The maximum absolute atomic E-state index is 14.7. The van der Waals surface area contributed by atoms with E-state index in [2.05, 4.69) is 20.9 Å². The molecule has 0 unspecified atom stereocenters. The van der Waals surface area contributed by atoms with Crippen LogP contribution in [0, 0.1) is 5.82 Å². The standard InChI is InChI=1S/C18H14BrCl2FN2O2S2/c19-11-2-4-16(14(22)5-11)24-17-9-28(25,26)8-15(17)23-18(24)27-7-10-1-3-12(20)6-13(10)21/h1-6,15,17H,7-9H2/t15-,17-/m1/s1. The summed E-state index contributed by atoms with van der Waals surface area (Å²) in [6.45, 7) is 0. The third-order valence-corrected chi connectivity index (χ3v) is 8.44. The topological polar surface area (TPSA) is 49.7 Å². The van der Waals surface area contributed by atoms with E-state index >= 15 is 0 Å². The maximum Gasteiger partial charge on any atom is 0.164 e. The maximum atomic E-state index is 14.7. The van der Waals surface area contributed by atoms with Crippen molar-refractivity contribution in [1.82, 2.24) is 0 Å². The van der Waals surface area contributed by atoms with E-state index in [9.17, 15) is 12.8 Å². The predicted molar refractivity (Wildman–Crippen MR) is 118 cm³/mol. The molecule has 2 aromatic carbocycles. The smallest absolute Gasteiger partial charge is 0.164 e. The summed E-state index contributed by atoms with van der Waals surface area (Å²) in [5.41, 5.74) is 1.20. The Morgan fingerprint density at radius 3 is 2.71 bits per heavy atom. The van der Waals surface area contributed by atoms with Crippen LogP contribution in [0.5, 0.6) is 0 Å². The highest BCUT2D eigenvalue weighted by Gasteiger charge is 2.47. The van der Waals surface area contributed by atoms with E-state index in [0.717, 1.165) is 5.56 Å². The molecule has 2 heterocycles. The molecule has 2 atom stereocenters. The van der Waals surface area contributed by atoms with Crippen molar-refractivity contribution in [3.8, 4) is 0 Å². The van der Waals surface area contributed by atoms with Crippen LogP contribution in [0.15, 0.2) is 45.9 Å². The van der Waals surface area contributed by atoms with E-state index in [0.29, 0.717) is 31.1 Å². The zero-order valence-electron chi connectivity index (χ0n) is 14.3. The van der Waals surface area contributed by atoms with Gasteiger partial charge in [-0.15, -0.1) is 0 Å². The van der Waals surface area contributed by atoms with Crippen LogP contribution in [0.2, 0.25) is 10.0 Å². The van der Waals surface area contributed by atoms with Crippen LogP contribution >= 0.6 is 50.9 Å². The van der Waals surface area contributed by atoms with Gasteiger partial charge in [-0.2, -0.15) is 0 Å². The van der Waals surface area contributed by atoms with Crippen molar-refractivity contribution in [2.24, 2.45) is 4.99 Å². The fourth-order valence-electron chi connectivity index (χ4n) is 3.37. The van der Waals surface area contributed by atoms with E-state index in [4.69, 9.17) is 23.2 Å². The Balaban J connectivity index is 1.65. The number of amidine groups is 1. The van der Waals surface area contributed by atoms with Gasteiger partial charge in [0.15, 0.2) is 15.0 Å². The summed E-state index contributed by atoms with van der Waals surface area (Å²) >= 11 is 16.9. The fraction of sp³-hybridized carbons (Fsp3) is 0.278. The molecular formula is C18H14BrCl2FN2O2S2. The van der Waals surface area contributed by atoms with Crippen LogP contribution in [0.1, 0.15) is 5.56 Å². The van der Waals surface area contributed by atoms with Crippen LogP contribution < -0.4 is 4.90 Å². The van der Waals surface area contributed by atoms with Gasteiger partial charge in [-0.3, -0.25) is 4.99 Å². The molecule has 4 nitrogen and oxygen atoms in total. The first-order chi connectivity index (χ1) is 13.2. The summed E-state index contributed by atoms with van der Waals surface area (Å²) in [4.78, 5) is 6.32. The lowest BCUT2D eigenvalue weighted by Crippen LogP contribution is -2.39. The normalized spacial score (nSPS) is 23.0. The number of halogens is 4. The molecule has 28 heavy (non-hydrogen) atoms. The highest BCUT2D eigenvalue weighted by molar-refractivity contribution is 9.10. The highest BCUT2D eigenvalue weighted by Crippen LogP contribution is 2.38. The van der Waals surface area contributed by atoms with Gasteiger partial charge in [0.2, 0.25) is 0 Å². The molecule has 0 saturated carbocycles. The van der Waals surface area contributed by atoms with Crippen molar-refractivity contribution in [3.05, 3.63) is 62.3 Å². The number of thioether (sulfide) groups is 1. The second kappa shape index (κ2) is 7.80. The first-order valence-corrected chi connectivity index (χ1v) is 12.7. The van der Waals surface area contributed by atoms with Gasteiger partial charge in [-0.05, 0) is 35.9 Å². The number of sulfone groups is 1. The Hall–Kier alpha value is -0.800. The third kappa shape index (κ3) is 4.07. The fourth-order valence-corrected chi connectivity index (χ4v) is 7.22. The van der Waals surface area contributed by atoms with Crippen molar-refractivity contribution in [1.29, 1.82) is 0 Å². The average molecular weight is 524 g/mol. The number of fused-ring (bicyclic) bond motifs is 1. The minimum absolute atomic E-state index is 0.0158. The Morgan fingerprint density at radius 2 is 2.00 bits per heavy atom. The van der Waals surface area contributed by atoms with E-state index in [-0.39, 0.29) is 11.5 Å². The molecule has 0 aliphatic carbocycles. The molecule has 0 spiro atoms. The number of hydrogen-bond donors (Lipinski definition) is 0. The number of benzene rings is 2. The summed E-state index contributed by atoms with van der Waals surface area (Å²) in [6, 6.07) is 9.20. The van der Waals surface area contributed by atoms with Crippen molar-refractivity contribution in [2.45, 2.75) is 17.8 Å². The highest BCUT2D eigenvalue weighted by atomic mass is 79.9. The molecule has 0 aromatic heterocycles. The predicted octanol–water partition coefficient (Wildman–Crippen LogP) is 5.17. The minimum atomic E-state index is -3.19. The average Bonchev–Trinajstić information content (AvgIpc) is 3.06. The molecule has 10 heteroatoms. The second-order valence-corrected chi connectivity index (χ2v) is 11.5. The van der Waals surface area contributed by atoms with Gasteiger partial charge in [0, 0.05) is 20.3 Å². The van der Waals surface area contributed by atoms with Gasteiger partial charge in [0.05, 0.1) is 29.3 Å². The summed E-state index contributed by atoms with van der Waals surface area (Å²) in [5.74, 6) is 0.0213. The molecule has 1 fully saturated rings. The second-order valence-electron chi connectivity index (χ2n) is 6.61. The number of aliphatic imine (C=N–C) groups is 1. The minimum Gasteiger partial charge on any atom is -0.312 e. The quantitative estimate of drug-likeness (QED) is 0.556. The summed E-state index contributed by atoms with van der Waals surface area (Å²) in [5, 5.41) is 1.69. The van der Waals surface area contributed by atoms with Gasteiger partial charge in [0.1, 0.15) is 5.82 Å². The molecule has 2 aliphatic rings. The van der Waals surface area contributed by atoms with Gasteiger partial charge >= 0.3 is 0 Å². The zero-order valence-corrected chi connectivity index (χ0v) is 19.0. The molecule has 0 N–H and O–H groups in total. The Bertz CT molecular complexity index is 1080. The van der Waals surface area contributed by atoms with E-state index in [1.54, 1.807) is 29.2 Å². The van der Waals surface area contributed by atoms with Crippen molar-refractivity contribution >= 4 is 71.6 Å². The largest absolute Gasteiger partial charge is 0.312 e. The van der Waals surface area contributed by atoms with Crippen molar-refractivity contribution in [3.63, 3.8) is 0 Å². The first-order valence-electron chi connectivity index (χ1n) is 8.33. The first kappa shape index (κ1) is 20.5. The molecular weight excluding hydrogens is 510 g/mol. The Kier molecular flexibility index (Phi) is 5.70. The lowest BCUT2D eigenvalue weighted by molar-refractivity contribution is 0.600. The van der Waals surface area contributed by atoms with Crippen molar-refractivity contribution in [2.75, 3.05) is 16.4 Å². The number of hydrogen-bond acceptors (Lipinski definition) is 5. The van der Waals surface area contributed by atoms with Crippen LogP contribution in [-0.2, 0) is 15.6 Å². The monoisotopic (exact) mass is 522 g/mol. The van der Waals surface area contributed by atoms with Gasteiger partial charge in [-0.1, -0.05) is 57.0 Å². The Morgan fingerprint density at radius 1 is 1.21 bits per heavy atom. The summed E-state index contributed by atoms with van der Waals surface area (Å²) in [7, 11) is -3.19. The lowest BCUT2D eigenvalue weighted by atomic mass is 10.1. The van der Waals surface area contributed by atoms with Crippen LogP contribution in [0.3, 0.4) is 0 Å². The van der Waals surface area contributed by atoms with Crippen LogP contribution in [-0.4, -0.2) is 37.2 Å². The summed E-state index contributed by atoms with van der Waals surface area (Å²) in [6.07, 6.45) is 0. The van der Waals surface area contributed by atoms with E-state index in [1.807, 2.05) is 6.07 Å². The lowest BCUT2D eigenvalue weighted by Gasteiger charge is -2.27. The third-order valence-electron chi connectivity index (χ3n) is 4.65. The molecule has 0 amide bonds. The molecule has 2 aromatic rings. The molecule has 4 rings (SSSR count). The van der Waals surface area contributed by atoms with Gasteiger partial charge in [0.25, 0.3) is 0 Å². The van der Waals surface area contributed by atoms with E-state index in [1.165, 1.54) is 17.8 Å². The van der Waals surface area contributed by atoms with Gasteiger partial charge in [-0.25, -0.2) is 12.8 Å². The molecule has 148 valence electrons. The Labute approximate surface area is 185 Å². The SMILES string of the molecule is O=S1(=O)C[C@@H]2[C@@H](C1)N=C(SCc1ccc(Cl)cc1Cl)N2c1ccc(Br)cc1F. The molecule has 0 radical (unpaired) electrons. The number of rotatable bonds is 3. The summed E-state index contributed by atoms with van der Waals surface area (Å²) < 4.78 is 39.5. The van der Waals surface area contributed by atoms with Crippen LogP contribution in [0.4, 0.5) is 10.1 Å². The molecule has 0 bridgehead atoms. The zero-order chi connectivity index (χ0) is 20.1. The molecule has 1 saturated heterocycles. The van der Waals surface area contributed by atoms with Crippen LogP contribution in [0.25, 0.3) is 0 Å². The number of nitrogens with zero attached hydrogens (tertiary/aromatic N) is 2. The van der Waals surface area contributed by atoms with Crippen molar-refractivity contribution < 1.29 is 12.8 Å². The van der Waals surface area contributed by atoms with E-state index < -0.39 is 27.7 Å². The number of anilines is 1.